The van der Waals surface area contributed by atoms with Gasteiger partial charge >= 0.3 is 0 Å². The van der Waals surface area contributed by atoms with Crippen molar-refractivity contribution in [3.63, 3.8) is 0 Å². The summed E-state index contributed by atoms with van der Waals surface area (Å²) in [6, 6.07) is 14.9. The van der Waals surface area contributed by atoms with E-state index in [4.69, 9.17) is 9.78 Å². The van der Waals surface area contributed by atoms with Gasteiger partial charge in [0.25, 0.3) is 5.91 Å². The lowest BCUT2D eigenvalue weighted by molar-refractivity contribution is -0.0398. The summed E-state index contributed by atoms with van der Waals surface area (Å²) in [7, 11) is -4.07. The van der Waals surface area contributed by atoms with Gasteiger partial charge in [-0.15, -0.1) is 0 Å². The number of carbonyl (C=O) groups is 1. The zero-order chi connectivity index (χ0) is 32.2. The topological polar surface area (TPSA) is 163 Å². The second-order valence-corrected chi connectivity index (χ2v) is 14.3. The van der Waals surface area contributed by atoms with E-state index in [0.29, 0.717) is 48.5 Å². The molecule has 2 aliphatic carbocycles. The van der Waals surface area contributed by atoms with Gasteiger partial charge in [-0.2, -0.15) is 9.65 Å². The van der Waals surface area contributed by atoms with Gasteiger partial charge in [-0.25, -0.2) is 18.1 Å². The lowest BCUT2D eigenvalue weighted by Gasteiger charge is -2.40. The van der Waals surface area contributed by atoms with Gasteiger partial charge in [0.2, 0.25) is 16.0 Å². The largest absolute Gasteiger partial charge is 0.383 e. The average molecular weight is 645 g/mol. The van der Waals surface area contributed by atoms with E-state index in [2.05, 4.69) is 20.2 Å². The number of nitrogens with zero attached hydrogens (tertiary/aromatic N) is 4. The molecule has 13 heteroatoms. The number of pyridine rings is 1. The first-order chi connectivity index (χ1) is 22.1. The van der Waals surface area contributed by atoms with Crippen molar-refractivity contribution in [3.05, 3.63) is 82.8 Å². The van der Waals surface area contributed by atoms with Gasteiger partial charge in [0.15, 0.2) is 5.76 Å². The molecule has 2 saturated carbocycles. The summed E-state index contributed by atoms with van der Waals surface area (Å²) in [5, 5.41) is 27.7. The molecule has 7 rings (SSSR count). The normalized spacial score (nSPS) is 23.9. The minimum absolute atomic E-state index is 0.0524. The van der Waals surface area contributed by atoms with E-state index in [1.165, 1.54) is 6.07 Å². The SMILES string of the molecule is Cc1c(S(=O)(=O)NC2C3CCC2CC(O)(c2cc(-c4ccccc4)on2)C3)c2n(c1C(=O)Nc1cc(F)nc(C#N)c1)CCCC2. The van der Waals surface area contributed by atoms with E-state index in [1.54, 1.807) is 23.6 Å². The summed E-state index contributed by atoms with van der Waals surface area (Å²) in [5.41, 5.74) is 0.999. The monoisotopic (exact) mass is 644 g/mol. The number of anilines is 1. The lowest BCUT2D eigenvalue weighted by atomic mass is 9.73. The number of nitriles is 1. The molecule has 1 amide bonds. The third kappa shape index (κ3) is 5.30. The Balaban J connectivity index is 1.14. The number of fused-ring (bicyclic) bond motifs is 3. The number of halogens is 1. The van der Waals surface area contributed by atoms with Crippen molar-refractivity contribution >= 4 is 21.6 Å². The van der Waals surface area contributed by atoms with Crippen molar-refractivity contribution in [2.45, 2.75) is 75.0 Å². The number of sulfonamides is 1. The summed E-state index contributed by atoms with van der Waals surface area (Å²) in [5.74, 6) is -1.18. The summed E-state index contributed by atoms with van der Waals surface area (Å²) < 4.78 is 52.6. The van der Waals surface area contributed by atoms with Crippen molar-refractivity contribution < 1.29 is 27.2 Å². The van der Waals surface area contributed by atoms with Crippen LogP contribution in [-0.2, 0) is 28.6 Å². The van der Waals surface area contributed by atoms with Gasteiger partial charge < -0.3 is 19.5 Å². The predicted molar refractivity (Wildman–Crippen MR) is 164 cm³/mol. The van der Waals surface area contributed by atoms with Crippen molar-refractivity contribution in [1.29, 1.82) is 5.26 Å². The van der Waals surface area contributed by atoms with Crippen molar-refractivity contribution in [2.24, 2.45) is 11.8 Å². The van der Waals surface area contributed by atoms with Crippen LogP contribution in [0.15, 0.2) is 57.9 Å². The minimum atomic E-state index is -4.07. The highest BCUT2D eigenvalue weighted by molar-refractivity contribution is 7.89. The van der Waals surface area contributed by atoms with Crippen molar-refractivity contribution in [2.75, 3.05) is 5.32 Å². The second-order valence-electron chi connectivity index (χ2n) is 12.6. The molecular formula is C33H33FN6O5S. The van der Waals surface area contributed by atoms with Crippen molar-refractivity contribution in [1.82, 2.24) is 19.4 Å². The molecule has 4 heterocycles. The Hall–Kier alpha value is -4.38. The Morgan fingerprint density at radius 3 is 2.61 bits per heavy atom. The van der Waals surface area contributed by atoms with E-state index in [-0.39, 0.29) is 39.8 Å². The number of hydrogen-bond acceptors (Lipinski definition) is 8. The van der Waals surface area contributed by atoms with Gasteiger partial charge in [-0.05, 0) is 69.8 Å². The first-order valence-electron chi connectivity index (χ1n) is 15.4. The summed E-state index contributed by atoms with van der Waals surface area (Å²) in [4.78, 5) is 17.1. The van der Waals surface area contributed by atoms with Crippen LogP contribution in [0.3, 0.4) is 0 Å². The summed E-state index contributed by atoms with van der Waals surface area (Å²) in [6.45, 7) is 2.08. The Bertz CT molecular complexity index is 1970. The number of aromatic nitrogens is 3. The maximum absolute atomic E-state index is 14.2. The number of carbonyl (C=O) groups excluding carboxylic acids is 1. The third-order valence-electron chi connectivity index (χ3n) is 9.71. The lowest BCUT2D eigenvalue weighted by Crippen LogP contribution is -2.49. The first kappa shape index (κ1) is 30.3. The number of hydrogen-bond donors (Lipinski definition) is 3. The van der Waals surface area contributed by atoms with Crippen LogP contribution in [-0.4, -0.2) is 40.2 Å². The molecule has 1 aliphatic heterocycles. The minimum Gasteiger partial charge on any atom is -0.383 e. The zero-order valence-electron chi connectivity index (χ0n) is 25.2. The zero-order valence-corrected chi connectivity index (χ0v) is 26.0. The Morgan fingerprint density at radius 1 is 1.15 bits per heavy atom. The van der Waals surface area contributed by atoms with Crippen LogP contribution in [0.5, 0.6) is 0 Å². The van der Waals surface area contributed by atoms with Crippen LogP contribution in [0, 0.1) is 36.0 Å². The van der Waals surface area contributed by atoms with Crippen LogP contribution < -0.4 is 10.0 Å². The molecular weight excluding hydrogens is 611 g/mol. The van der Waals surface area contributed by atoms with E-state index < -0.39 is 27.5 Å². The number of benzene rings is 1. The van der Waals surface area contributed by atoms with Crippen LogP contribution in [0.1, 0.15) is 71.7 Å². The van der Waals surface area contributed by atoms with Gasteiger partial charge in [0.05, 0.1) is 0 Å². The standard InChI is InChI=1S/C33H33FN6O5S/c1-19-30(32(41)37-23-13-24(18-35)36-28(34)14-23)40-12-6-5-9-25(40)31(19)46(43,44)39-29-21-10-11-22(29)17-33(42,16-21)27-15-26(45-38-27)20-7-3-2-4-8-20/h2-4,7-8,13-15,21-22,29,39,42H,5-6,9-12,16-17H2,1H3,(H,36,37,41). The van der Waals surface area contributed by atoms with Gasteiger partial charge in [0.1, 0.15) is 33.6 Å². The molecule has 4 aromatic rings. The fraction of sp³-hybridized carbons (Fsp3) is 0.394. The number of aliphatic hydroxyl groups is 1. The molecule has 1 aromatic carbocycles. The van der Waals surface area contributed by atoms with Crippen molar-refractivity contribution in [3.8, 4) is 17.4 Å². The Morgan fingerprint density at radius 2 is 1.89 bits per heavy atom. The molecule has 0 radical (unpaired) electrons. The highest BCUT2D eigenvalue weighted by Gasteiger charge is 2.52. The molecule has 0 saturated heterocycles. The number of amides is 1. The molecule has 46 heavy (non-hydrogen) atoms. The molecule has 0 spiro atoms. The Labute approximate surface area is 265 Å². The molecule has 2 unspecified atom stereocenters. The molecule has 3 N–H and O–H groups in total. The maximum atomic E-state index is 14.2. The van der Waals surface area contributed by atoms with Crippen LogP contribution in [0.4, 0.5) is 10.1 Å². The van der Waals surface area contributed by atoms with Crippen LogP contribution in [0.2, 0.25) is 0 Å². The van der Waals surface area contributed by atoms with Gasteiger partial charge in [-0.3, -0.25) is 4.79 Å². The summed E-state index contributed by atoms with van der Waals surface area (Å²) in [6.07, 6.45) is 4.24. The van der Waals surface area contributed by atoms with E-state index in [0.717, 1.165) is 37.3 Å². The maximum Gasteiger partial charge on any atom is 0.272 e. The fourth-order valence-corrected chi connectivity index (χ4v) is 9.64. The molecule has 3 aliphatic rings. The van der Waals surface area contributed by atoms with Gasteiger partial charge in [0, 0.05) is 47.2 Å². The summed E-state index contributed by atoms with van der Waals surface area (Å²) >= 11 is 0. The smallest absolute Gasteiger partial charge is 0.272 e. The number of nitrogens with one attached hydrogen (secondary N) is 2. The molecule has 2 bridgehead atoms. The van der Waals surface area contributed by atoms with E-state index in [9.17, 15) is 22.7 Å². The third-order valence-corrected chi connectivity index (χ3v) is 11.4. The second kappa shape index (κ2) is 11.5. The van der Waals surface area contributed by atoms with Gasteiger partial charge in [-0.1, -0.05) is 35.5 Å². The molecule has 11 nitrogen and oxygen atoms in total. The average Bonchev–Trinajstić information content (AvgIpc) is 3.70. The fourth-order valence-electron chi connectivity index (χ4n) is 7.76. The first-order valence-corrected chi connectivity index (χ1v) is 16.9. The quantitative estimate of drug-likeness (QED) is 0.242. The number of rotatable bonds is 7. The molecule has 2 fully saturated rings. The predicted octanol–water partition coefficient (Wildman–Crippen LogP) is 4.80. The van der Waals surface area contributed by atoms with Crippen LogP contribution >= 0.6 is 0 Å². The molecule has 3 aromatic heterocycles. The van der Waals surface area contributed by atoms with E-state index >= 15 is 0 Å². The highest BCUT2D eigenvalue weighted by Crippen LogP contribution is 2.51. The van der Waals surface area contributed by atoms with Crippen LogP contribution in [0.25, 0.3) is 11.3 Å². The molecule has 2 atom stereocenters. The van der Waals surface area contributed by atoms with E-state index in [1.807, 2.05) is 30.3 Å². The highest BCUT2D eigenvalue weighted by atomic mass is 32.2. The molecule has 238 valence electrons. The Kier molecular flexibility index (Phi) is 7.54.